The molecule has 13 heavy (non-hydrogen) atoms. The molecule has 2 nitrogen and oxygen atoms in total. The normalized spacial score (nSPS) is 10.2. The van der Waals surface area contributed by atoms with Gasteiger partial charge in [-0.05, 0) is 39.4 Å². The third kappa shape index (κ3) is 5.86. The smallest absolute Gasteiger partial charge is 0.169 e. The molecular formula is C10H21N2S. The average Bonchev–Trinajstić information content (AvgIpc) is 2.04. The zero-order valence-corrected chi connectivity index (χ0v) is 9.78. The van der Waals surface area contributed by atoms with Gasteiger partial charge in [-0.1, -0.05) is 13.3 Å². The van der Waals surface area contributed by atoms with Crippen LogP contribution in [0.2, 0.25) is 0 Å². The lowest BCUT2D eigenvalue weighted by Crippen LogP contribution is -2.43. The van der Waals surface area contributed by atoms with Crippen molar-refractivity contribution in [3.8, 4) is 0 Å². The van der Waals surface area contributed by atoms with Crippen LogP contribution in [-0.2, 0) is 0 Å². The van der Waals surface area contributed by atoms with E-state index in [1.54, 1.807) is 0 Å². The first-order chi connectivity index (χ1) is 6.11. The van der Waals surface area contributed by atoms with Gasteiger partial charge < -0.3 is 10.2 Å². The number of hydrogen-bond acceptors (Lipinski definition) is 1. The molecule has 0 atom stereocenters. The van der Waals surface area contributed by atoms with Crippen molar-refractivity contribution in [1.29, 1.82) is 0 Å². The van der Waals surface area contributed by atoms with Gasteiger partial charge in [0.15, 0.2) is 5.11 Å². The minimum Gasteiger partial charge on any atom is -0.360 e. The van der Waals surface area contributed by atoms with Crippen LogP contribution in [0.25, 0.3) is 0 Å². The lowest BCUT2D eigenvalue weighted by Gasteiger charge is -2.25. The number of thiocarbonyl (C=S) groups is 1. The lowest BCUT2D eigenvalue weighted by atomic mass is 10.3. The maximum Gasteiger partial charge on any atom is 0.169 e. The van der Waals surface area contributed by atoms with Crippen molar-refractivity contribution < 1.29 is 0 Å². The van der Waals surface area contributed by atoms with Crippen LogP contribution in [-0.4, -0.2) is 29.1 Å². The molecule has 0 spiro atoms. The number of hydrogen-bond donors (Lipinski definition) is 1. The monoisotopic (exact) mass is 201 g/mol. The zero-order valence-electron chi connectivity index (χ0n) is 8.97. The van der Waals surface area contributed by atoms with Gasteiger partial charge in [0.2, 0.25) is 0 Å². The van der Waals surface area contributed by atoms with Crippen LogP contribution in [0.5, 0.6) is 0 Å². The Bertz CT molecular complexity index is 146. The highest BCUT2D eigenvalue weighted by atomic mass is 32.1. The predicted octanol–water partition coefficient (Wildman–Crippen LogP) is 2.21. The molecular weight excluding hydrogens is 180 g/mol. The van der Waals surface area contributed by atoms with E-state index in [1.165, 1.54) is 12.8 Å². The number of nitrogens with zero attached hydrogens (tertiary/aromatic N) is 1. The Hall–Kier alpha value is -0.310. The fourth-order valence-corrected chi connectivity index (χ4v) is 1.42. The molecule has 0 amide bonds. The van der Waals surface area contributed by atoms with E-state index in [0.717, 1.165) is 18.2 Å². The summed E-state index contributed by atoms with van der Waals surface area (Å²) in [5.74, 6) is 0. The molecule has 3 heteroatoms. The minimum absolute atomic E-state index is 0.406. The molecule has 0 aromatic rings. The van der Waals surface area contributed by atoms with E-state index in [4.69, 9.17) is 12.2 Å². The van der Waals surface area contributed by atoms with Crippen LogP contribution in [0.4, 0.5) is 0 Å². The number of rotatable bonds is 5. The van der Waals surface area contributed by atoms with Gasteiger partial charge in [0, 0.05) is 19.1 Å². The van der Waals surface area contributed by atoms with Gasteiger partial charge in [-0.2, -0.15) is 0 Å². The quantitative estimate of drug-likeness (QED) is 0.687. The highest BCUT2D eigenvalue weighted by molar-refractivity contribution is 7.80. The van der Waals surface area contributed by atoms with Gasteiger partial charge in [0.1, 0.15) is 0 Å². The summed E-state index contributed by atoms with van der Waals surface area (Å²) < 4.78 is 0. The molecule has 0 saturated carbocycles. The average molecular weight is 201 g/mol. The van der Waals surface area contributed by atoms with E-state index in [2.05, 4.69) is 37.9 Å². The molecule has 0 fully saturated rings. The van der Waals surface area contributed by atoms with Crippen LogP contribution in [0.15, 0.2) is 0 Å². The molecule has 0 bridgehead atoms. The highest BCUT2D eigenvalue weighted by Gasteiger charge is 2.06. The Labute approximate surface area is 87.7 Å². The summed E-state index contributed by atoms with van der Waals surface area (Å²) in [6.07, 6.45) is 2.37. The summed E-state index contributed by atoms with van der Waals surface area (Å²) in [4.78, 5) is 2.11. The van der Waals surface area contributed by atoms with Crippen LogP contribution in [0.3, 0.4) is 0 Å². The van der Waals surface area contributed by atoms with Crippen molar-refractivity contribution in [2.24, 2.45) is 0 Å². The number of nitrogens with one attached hydrogen (secondary N) is 1. The van der Waals surface area contributed by atoms with Crippen LogP contribution in [0.1, 0.15) is 33.6 Å². The van der Waals surface area contributed by atoms with Crippen molar-refractivity contribution in [3.05, 3.63) is 6.92 Å². The molecule has 0 saturated heterocycles. The van der Waals surface area contributed by atoms with Gasteiger partial charge in [-0.15, -0.1) is 0 Å². The fourth-order valence-electron chi connectivity index (χ4n) is 1.00. The first-order valence-electron chi connectivity index (χ1n) is 4.96. The van der Waals surface area contributed by atoms with Gasteiger partial charge in [-0.3, -0.25) is 0 Å². The van der Waals surface area contributed by atoms with Crippen molar-refractivity contribution in [2.45, 2.75) is 39.7 Å². The largest absolute Gasteiger partial charge is 0.360 e. The van der Waals surface area contributed by atoms with E-state index < -0.39 is 0 Å². The summed E-state index contributed by atoms with van der Waals surface area (Å²) in [6, 6.07) is 0.406. The van der Waals surface area contributed by atoms with Gasteiger partial charge in [0.05, 0.1) is 0 Å². The second-order valence-electron chi connectivity index (χ2n) is 3.44. The van der Waals surface area contributed by atoms with E-state index in [0.29, 0.717) is 6.04 Å². The Morgan fingerprint density at radius 1 is 1.54 bits per heavy atom. The maximum atomic E-state index is 5.24. The molecule has 0 heterocycles. The Morgan fingerprint density at radius 3 is 2.54 bits per heavy atom. The SMILES string of the molecule is [CH2]CN(CCCC)C(=S)NC(C)C. The Kier molecular flexibility index (Phi) is 6.96. The Morgan fingerprint density at radius 2 is 2.15 bits per heavy atom. The molecule has 0 aromatic heterocycles. The van der Waals surface area contributed by atoms with E-state index in [1.807, 2.05) is 0 Å². The highest BCUT2D eigenvalue weighted by Crippen LogP contribution is 1.96. The zero-order chi connectivity index (χ0) is 10.3. The molecule has 0 aliphatic heterocycles. The van der Waals surface area contributed by atoms with Crippen LogP contribution >= 0.6 is 12.2 Å². The minimum atomic E-state index is 0.406. The first kappa shape index (κ1) is 12.7. The number of unbranched alkanes of at least 4 members (excludes halogenated alkanes) is 1. The summed E-state index contributed by atoms with van der Waals surface area (Å²) in [6.45, 7) is 12.0. The second kappa shape index (κ2) is 7.13. The van der Waals surface area contributed by atoms with Crippen LogP contribution < -0.4 is 5.32 Å². The standard InChI is InChI=1S/C10H21N2S/c1-5-7-8-12(6-2)10(13)11-9(3)4/h9H,2,5-8H2,1,3-4H3,(H,11,13). The Balaban J connectivity index is 3.84. The third-order valence-corrected chi connectivity index (χ3v) is 2.13. The summed E-state index contributed by atoms with van der Waals surface area (Å²) >= 11 is 5.24. The molecule has 0 aliphatic rings. The van der Waals surface area contributed by atoms with E-state index >= 15 is 0 Å². The maximum absolute atomic E-state index is 5.24. The topological polar surface area (TPSA) is 15.3 Å². The molecule has 0 aromatic carbocycles. The van der Waals surface area contributed by atoms with Gasteiger partial charge in [-0.25, -0.2) is 0 Å². The molecule has 1 N–H and O–H groups in total. The third-order valence-electron chi connectivity index (χ3n) is 1.75. The van der Waals surface area contributed by atoms with Gasteiger partial charge in [0.25, 0.3) is 0 Å². The summed E-state index contributed by atoms with van der Waals surface area (Å²) in [7, 11) is 0. The molecule has 0 aliphatic carbocycles. The van der Waals surface area contributed by atoms with Crippen molar-refractivity contribution in [1.82, 2.24) is 10.2 Å². The molecule has 1 radical (unpaired) electrons. The second-order valence-corrected chi connectivity index (χ2v) is 3.83. The lowest BCUT2D eigenvalue weighted by molar-refractivity contribution is 0.432. The van der Waals surface area contributed by atoms with E-state index in [-0.39, 0.29) is 0 Å². The molecule has 0 rings (SSSR count). The molecule has 77 valence electrons. The predicted molar refractivity (Wildman–Crippen MR) is 62.7 cm³/mol. The first-order valence-corrected chi connectivity index (χ1v) is 5.37. The van der Waals surface area contributed by atoms with Crippen molar-refractivity contribution >= 4 is 17.3 Å². The van der Waals surface area contributed by atoms with E-state index in [9.17, 15) is 0 Å². The van der Waals surface area contributed by atoms with Gasteiger partial charge >= 0.3 is 0 Å². The van der Waals surface area contributed by atoms with Crippen LogP contribution in [0, 0.1) is 6.92 Å². The summed E-state index contributed by atoms with van der Waals surface area (Å²) in [5.41, 5.74) is 0. The molecule has 0 unspecified atom stereocenters. The fraction of sp³-hybridized carbons (Fsp3) is 0.800. The summed E-state index contributed by atoms with van der Waals surface area (Å²) in [5, 5.41) is 4.05. The van der Waals surface area contributed by atoms with Crippen molar-refractivity contribution in [2.75, 3.05) is 13.1 Å². The van der Waals surface area contributed by atoms with Crippen molar-refractivity contribution in [3.63, 3.8) is 0 Å².